The standard InChI is InChI=1S/C11H15N5OS/c1-4-9-15-10(17-16-9)7(3)18-11-13-6(2)5-8(12)14-11/h5,7H,4H2,1-3H3,(H2,12,13,14)/t7-/m1/s1. The van der Waals surface area contributed by atoms with Gasteiger partial charge in [0.1, 0.15) is 5.82 Å². The lowest BCUT2D eigenvalue weighted by Gasteiger charge is -2.06. The Labute approximate surface area is 109 Å². The predicted octanol–water partition coefficient (Wildman–Crippen LogP) is 2.17. The molecule has 0 spiro atoms. The second-order valence-electron chi connectivity index (χ2n) is 3.88. The Bertz CT molecular complexity index is 522. The monoisotopic (exact) mass is 265 g/mol. The molecule has 2 aromatic heterocycles. The molecular weight excluding hydrogens is 250 g/mol. The summed E-state index contributed by atoms with van der Waals surface area (Å²) in [7, 11) is 0. The fraction of sp³-hybridized carbons (Fsp3) is 0.455. The van der Waals surface area contributed by atoms with Crippen molar-refractivity contribution in [1.82, 2.24) is 20.1 Å². The topological polar surface area (TPSA) is 90.7 Å². The minimum Gasteiger partial charge on any atom is -0.384 e. The molecule has 0 unspecified atom stereocenters. The highest BCUT2D eigenvalue weighted by molar-refractivity contribution is 7.99. The van der Waals surface area contributed by atoms with Crippen molar-refractivity contribution in [2.45, 2.75) is 37.6 Å². The fourth-order valence-electron chi connectivity index (χ4n) is 1.40. The van der Waals surface area contributed by atoms with Crippen LogP contribution in [0.25, 0.3) is 0 Å². The lowest BCUT2D eigenvalue weighted by Crippen LogP contribution is -1.98. The van der Waals surface area contributed by atoms with E-state index in [9.17, 15) is 0 Å². The molecule has 0 bridgehead atoms. The van der Waals surface area contributed by atoms with Crippen molar-refractivity contribution < 1.29 is 4.52 Å². The average Bonchev–Trinajstić information content (AvgIpc) is 2.75. The van der Waals surface area contributed by atoms with Gasteiger partial charge in [-0.2, -0.15) is 4.98 Å². The molecule has 2 N–H and O–H groups in total. The van der Waals surface area contributed by atoms with Crippen LogP contribution in [0, 0.1) is 6.92 Å². The van der Waals surface area contributed by atoms with Gasteiger partial charge in [-0.05, 0) is 13.8 Å². The summed E-state index contributed by atoms with van der Waals surface area (Å²) >= 11 is 1.45. The van der Waals surface area contributed by atoms with Gasteiger partial charge in [0.15, 0.2) is 11.0 Å². The van der Waals surface area contributed by atoms with Crippen molar-refractivity contribution in [3.8, 4) is 0 Å². The summed E-state index contributed by atoms with van der Waals surface area (Å²) in [6.45, 7) is 5.84. The van der Waals surface area contributed by atoms with E-state index in [0.29, 0.717) is 22.7 Å². The predicted molar refractivity (Wildman–Crippen MR) is 69.1 cm³/mol. The largest absolute Gasteiger partial charge is 0.384 e. The van der Waals surface area contributed by atoms with E-state index in [-0.39, 0.29) is 5.25 Å². The molecule has 0 fully saturated rings. The zero-order chi connectivity index (χ0) is 13.1. The van der Waals surface area contributed by atoms with Crippen LogP contribution >= 0.6 is 11.8 Å². The van der Waals surface area contributed by atoms with Gasteiger partial charge in [-0.25, -0.2) is 9.97 Å². The molecule has 1 atom stereocenters. The zero-order valence-electron chi connectivity index (χ0n) is 10.5. The second kappa shape index (κ2) is 5.34. The Hall–Kier alpha value is -1.63. The van der Waals surface area contributed by atoms with E-state index >= 15 is 0 Å². The molecule has 0 amide bonds. The van der Waals surface area contributed by atoms with Gasteiger partial charge < -0.3 is 10.3 Å². The number of anilines is 1. The van der Waals surface area contributed by atoms with E-state index in [1.165, 1.54) is 11.8 Å². The molecule has 0 aliphatic heterocycles. The van der Waals surface area contributed by atoms with Gasteiger partial charge in [0, 0.05) is 18.2 Å². The third-order valence-electron chi connectivity index (χ3n) is 2.28. The van der Waals surface area contributed by atoms with E-state index in [1.807, 2.05) is 20.8 Å². The summed E-state index contributed by atoms with van der Waals surface area (Å²) in [5.41, 5.74) is 6.53. The van der Waals surface area contributed by atoms with Crippen molar-refractivity contribution in [3.05, 3.63) is 23.5 Å². The zero-order valence-corrected chi connectivity index (χ0v) is 11.4. The fourth-order valence-corrected chi connectivity index (χ4v) is 2.27. The maximum Gasteiger partial charge on any atom is 0.239 e. The summed E-state index contributed by atoms with van der Waals surface area (Å²) in [6.07, 6.45) is 0.759. The molecule has 0 aromatic carbocycles. The van der Waals surface area contributed by atoms with Crippen molar-refractivity contribution in [2.24, 2.45) is 0 Å². The maximum absolute atomic E-state index is 5.68. The molecule has 2 rings (SSSR count). The van der Waals surface area contributed by atoms with Crippen molar-refractivity contribution >= 4 is 17.6 Å². The van der Waals surface area contributed by atoms with Crippen molar-refractivity contribution in [2.75, 3.05) is 5.73 Å². The molecule has 0 aliphatic carbocycles. The number of nitrogen functional groups attached to an aromatic ring is 1. The first-order chi connectivity index (χ1) is 8.58. The number of rotatable bonds is 4. The van der Waals surface area contributed by atoms with Gasteiger partial charge in [0.2, 0.25) is 5.89 Å². The molecule has 6 nitrogen and oxygen atoms in total. The summed E-state index contributed by atoms with van der Waals surface area (Å²) in [4.78, 5) is 12.8. The van der Waals surface area contributed by atoms with Crippen LogP contribution in [0.5, 0.6) is 0 Å². The molecule has 2 heterocycles. The number of nitrogens with two attached hydrogens (primary N) is 1. The van der Waals surface area contributed by atoms with Crippen LogP contribution in [0.1, 0.15) is 36.5 Å². The van der Waals surface area contributed by atoms with Crippen LogP contribution in [0.15, 0.2) is 15.7 Å². The SMILES string of the molecule is CCc1noc([C@@H](C)Sc2nc(C)cc(N)n2)n1. The first kappa shape index (κ1) is 12.8. The molecule has 0 radical (unpaired) electrons. The average molecular weight is 265 g/mol. The Balaban J connectivity index is 2.12. The number of nitrogens with zero attached hydrogens (tertiary/aromatic N) is 4. The van der Waals surface area contributed by atoms with E-state index in [1.54, 1.807) is 6.07 Å². The highest BCUT2D eigenvalue weighted by Gasteiger charge is 2.16. The maximum atomic E-state index is 5.68. The van der Waals surface area contributed by atoms with E-state index < -0.39 is 0 Å². The van der Waals surface area contributed by atoms with Gasteiger partial charge in [0.05, 0.1) is 5.25 Å². The van der Waals surface area contributed by atoms with Crippen LogP contribution in [0.2, 0.25) is 0 Å². The van der Waals surface area contributed by atoms with E-state index in [4.69, 9.17) is 10.3 Å². The number of hydrogen-bond acceptors (Lipinski definition) is 7. The molecule has 0 aliphatic rings. The number of aryl methyl sites for hydroxylation is 2. The Kier molecular flexibility index (Phi) is 3.81. The highest BCUT2D eigenvalue weighted by Crippen LogP contribution is 2.32. The lowest BCUT2D eigenvalue weighted by molar-refractivity contribution is 0.375. The van der Waals surface area contributed by atoms with Crippen molar-refractivity contribution in [3.63, 3.8) is 0 Å². The minimum atomic E-state index is -0.000926. The second-order valence-corrected chi connectivity index (χ2v) is 5.19. The lowest BCUT2D eigenvalue weighted by atomic mass is 10.4. The molecule has 7 heteroatoms. The van der Waals surface area contributed by atoms with Crippen LogP contribution in [-0.4, -0.2) is 20.1 Å². The van der Waals surface area contributed by atoms with Crippen molar-refractivity contribution in [1.29, 1.82) is 0 Å². The van der Waals surface area contributed by atoms with Gasteiger partial charge in [0.25, 0.3) is 0 Å². The number of aromatic nitrogens is 4. The molecule has 0 saturated heterocycles. The third kappa shape index (κ3) is 2.98. The van der Waals surface area contributed by atoms with Crippen LogP contribution < -0.4 is 5.73 Å². The summed E-state index contributed by atoms with van der Waals surface area (Å²) in [6, 6.07) is 1.73. The Morgan fingerprint density at radius 2 is 2.17 bits per heavy atom. The number of hydrogen-bond donors (Lipinski definition) is 1. The molecule has 18 heavy (non-hydrogen) atoms. The number of thioether (sulfide) groups is 1. The van der Waals surface area contributed by atoms with Gasteiger partial charge in [-0.1, -0.05) is 23.8 Å². The van der Waals surface area contributed by atoms with Crippen LogP contribution in [0.4, 0.5) is 5.82 Å². The summed E-state index contributed by atoms with van der Waals surface area (Å²) in [5, 5.41) is 4.49. The first-order valence-corrected chi connectivity index (χ1v) is 6.56. The van der Waals surface area contributed by atoms with E-state index in [2.05, 4.69) is 20.1 Å². The highest BCUT2D eigenvalue weighted by atomic mass is 32.2. The minimum absolute atomic E-state index is 0.000926. The van der Waals surface area contributed by atoms with E-state index in [0.717, 1.165) is 12.1 Å². The quantitative estimate of drug-likeness (QED) is 0.669. The van der Waals surface area contributed by atoms with Gasteiger partial charge >= 0.3 is 0 Å². The third-order valence-corrected chi connectivity index (χ3v) is 3.23. The van der Waals surface area contributed by atoms with Gasteiger partial charge in [-0.3, -0.25) is 0 Å². The van der Waals surface area contributed by atoms with Crippen LogP contribution in [0.3, 0.4) is 0 Å². The molecule has 0 saturated carbocycles. The summed E-state index contributed by atoms with van der Waals surface area (Å²) < 4.78 is 5.18. The van der Waals surface area contributed by atoms with Crippen LogP contribution in [-0.2, 0) is 6.42 Å². The first-order valence-electron chi connectivity index (χ1n) is 5.68. The molecule has 96 valence electrons. The Morgan fingerprint density at radius 1 is 1.39 bits per heavy atom. The summed E-state index contributed by atoms with van der Waals surface area (Å²) in [5.74, 6) is 1.76. The Morgan fingerprint density at radius 3 is 2.78 bits per heavy atom. The molecular formula is C11H15N5OS. The normalized spacial score (nSPS) is 12.6. The van der Waals surface area contributed by atoms with Gasteiger partial charge in [-0.15, -0.1) is 0 Å². The molecule has 2 aromatic rings. The smallest absolute Gasteiger partial charge is 0.239 e.